The van der Waals surface area contributed by atoms with E-state index in [0.29, 0.717) is 28.6 Å². The molecule has 1 aromatic carbocycles. The van der Waals surface area contributed by atoms with Crippen LogP contribution in [0.1, 0.15) is 0 Å². The van der Waals surface area contributed by atoms with Crippen molar-refractivity contribution < 1.29 is 18.9 Å². The summed E-state index contributed by atoms with van der Waals surface area (Å²) in [5.74, 6) is 1.48. The van der Waals surface area contributed by atoms with E-state index in [0.717, 1.165) is 4.47 Å². The molecule has 0 aliphatic rings. The number of benzene rings is 1. The lowest BCUT2D eigenvalue weighted by Gasteiger charge is -2.16. The Hall–Kier alpha value is -3.92. The van der Waals surface area contributed by atoms with Crippen molar-refractivity contribution >= 4 is 21.6 Å². The van der Waals surface area contributed by atoms with Gasteiger partial charge in [0.1, 0.15) is 13.2 Å². The Kier molecular flexibility index (Phi) is 7.16. The Labute approximate surface area is 198 Å². The van der Waals surface area contributed by atoms with Gasteiger partial charge in [-0.3, -0.25) is 4.98 Å². The fourth-order valence-electron chi connectivity index (χ4n) is 2.83. The van der Waals surface area contributed by atoms with E-state index in [-0.39, 0.29) is 30.9 Å². The van der Waals surface area contributed by atoms with Crippen LogP contribution < -0.4 is 24.7 Å². The molecule has 0 bridgehead atoms. The molecular formula is C23H20BrN5O4. The van der Waals surface area contributed by atoms with Gasteiger partial charge in [-0.2, -0.15) is 0 Å². The van der Waals surface area contributed by atoms with Crippen molar-refractivity contribution in [2.24, 2.45) is 0 Å². The summed E-state index contributed by atoms with van der Waals surface area (Å²) >= 11 is 3.28. The summed E-state index contributed by atoms with van der Waals surface area (Å²) in [5.41, 5.74) is 7.87. The number of aromatic nitrogens is 4. The fraction of sp³-hybridized carbons (Fsp3) is 0.130. The van der Waals surface area contributed by atoms with Gasteiger partial charge in [-0.05, 0) is 46.3 Å². The lowest BCUT2D eigenvalue weighted by Crippen LogP contribution is -2.12. The first-order chi connectivity index (χ1) is 16.1. The Bertz CT molecular complexity index is 1210. The number of nitrogens with two attached hydrogens (primary N) is 1. The van der Waals surface area contributed by atoms with E-state index in [1.807, 2.05) is 30.3 Å². The predicted molar refractivity (Wildman–Crippen MR) is 126 cm³/mol. The largest absolute Gasteiger partial charge is 0.493 e. The third-order valence-electron chi connectivity index (χ3n) is 4.33. The Morgan fingerprint density at radius 3 is 2.33 bits per heavy atom. The van der Waals surface area contributed by atoms with E-state index in [1.54, 1.807) is 43.9 Å². The average Bonchev–Trinajstić information content (AvgIpc) is 2.85. The van der Waals surface area contributed by atoms with Gasteiger partial charge in [0.25, 0.3) is 5.88 Å². The zero-order valence-electron chi connectivity index (χ0n) is 17.6. The molecule has 3 heterocycles. The third-order valence-corrected chi connectivity index (χ3v) is 4.74. The number of para-hydroxylation sites is 2. The second kappa shape index (κ2) is 10.6. The Morgan fingerprint density at radius 2 is 1.61 bits per heavy atom. The molecule has 0 saturated heterocycles. The number of hydrogen-bond donors (Lipinski definition) is 1. The molecule has 10 heteroatoms. The zero-order chi connectivity index (χ0) is 23.0. The Balaban J connectivity index is 1.58. The molecule has 0 amide bonds. The highest BCUT2D eigenvalue weighted by molar-refractivity contribution is 9.10. The minimum absolute atomic E-state index is 0.153. The highest BCUT2D eigenvalue weighted by atomic mass is 79.9. The van der Waals surface area contributed by atoms with Gasteiger partial charge < -0.3 is 24.7 Å². The summed E-state index contributed by atoms with van der Waals surface area (Å²) in [4.78, 5) is 17.1. The first kappa shape index (κ1) is 22.3. The minimum atomic E-state index is 0.153. The molecule has 168 valence electrons. The van der Waals surface area contributed by atoms with Crippen LogP contribution in [0.3, 0.4) is 0 Å². The summed E-state index contributed by atoms with van der Waals surface area (Å²) in [6.45, 7) is 0.338. The molecule has 0 unspecified atom stereocenters. The van der Waals surface area contributed by atoms with Gasteiger partial charge in [-0.25, -0.2) is 15.0 Å². The average molecular weight is 510 g/mol. The van der Waals surface area contributed by atoms with Crippen LogP contribution in [-0.4, -0.2) is 40.3 Å². The van der Waals surface area contributed by atoms with Crippen molar-refractivity contribution in [1.29, 1.82) is 0 Å². The van der Waals surface area contributed by atoms with Gasteiger partial charge in [-0.1, -0.05) is 18.2 Å². The van der Waals surface area contributed by atoms with Crippen molar-refractivity contribution in [2.45, 2.75) is 0 Å². The second-order valence-corrected chi connectivity index (χ2v) is 7.50. The summed E-state index contributed by atoms with van der Waals surface area (Å²) in [7, 11) is 1.56. The van der Waals surface area contributed by atoms with Crippen LogP contribution >= 0.6 is 15.9 Å². The number of hydrogen-bond acceptors (Lipinski definition) is 9. The number of halogens is 1. The van der Waals surface area contributed by atoms with E-state index in [9.17, 15) is 0 Å². The maximum atomic E-state index is 6.34. The molecule has 0 aliphatic heterocycles. The zero-order valence-corrected chi connectivity index (χ0v) is 19.2. The molecule has 3 aromatic heterocycles. The minimum Gasteiger partial charge on any atom is -0.493 e. The van der Waals surface area contributed by atoms with Crippen molar-refractivity contribution in [3.63, 3.8) is 0 Å². The SMILES string of the molecule is COc1ccccc1Oc1c(N)cc(-c2ccccn2)nc1OCCOc1ncc(Br)cn1. The molecular weight excluding hydrogens is 490 g/mol. The molecule has 0 radical (unpaired) electrons. The van der Waals surface area contributed by atoms with E-state index < -0.39 is 0 Å². The second-order valence-electron chi connectivity index (χ2n) is 6.58. The summed E-state index contributed by atoms with van der Waals surface area (Å²) in [6, 6.07) is 14.7. The molecule has 2 N–H and O–H groups in total. The normalized spacial score (nSPS) is 10.5. The topological polar surface area (TPSA) is 115 Å². The Morgan fingerprint density at radius 1 is 0.879 bits per heavy atom. The van der Waals surface area contributed by atoms with Crippen LogP contribution in [0.15, 0.2) is 71.6 Å². The number of anilines is 1. The number of nitrogen functional groups attached to an aromatic ring is 1. The summed E-state index contributed by atoms with van der Waals surface area (Å²) in [6.07, 6.45) is 4.88. The fourth-order valence-corrected chi connectivity index (χ4v) is 3.04. The van der Waals surface area contributed by atoms with Gasteiger partial charge in [-0.15, -0.1) is 0 Å². The molecule has 0 aliphatic carbocycles. The molecule has 0 fully saturated rings. The first-order valence-electron chi connectivity index (χ1n) is 9.90. The number of methoxy groups -OCH3 is 1. The van der Waals surface area contributed by atoms with Crippen LogP contribution in [0.25, 0.3) is 11.4 Å². The number of ether oxygens (including phenoxy) is 4. The lowest BCUT2D eigenvalue weighted by molar-refractivity contribution is 0.197. The quantitative estimate of drug-likeness (QED) is 0.324. The van der Waals surface area contributed by atoms with Crippen LogP contribution in [0.5, 0.6) is 29.1 Å². The smallest absolute Gasteiger partial charge is 0.316 e. The summed E-state index contributed by atoms with van der Waals surface area (Å²) in [5, 5.41) is 0. The van der Waals surface area contributed by atoms with E-state index in [4.69, 9.17) is 24.7 Å². The molecule has 4 aromatic rings. The highest BCUT2D eigenvalue weighted by Gasteiger charge is 2.18. The van der Waals surface area contributed by atoms with E-state index >= 15 is 0 Å². The molecule has 0 atom stereocenters. The third kappa shape index (κ3) is 5.66. The molecule has 4 rings (SSSR count). The monoisotopic (exact) mass is 509 g/mol. The van der Waals surface area contributed by atoms with Crippen LogP contribution in [0, 0.1) is 0 Å². The van der Waals surface area contributed by atoms with Gasteiger partial charge in [0.15, 0.2) is 11.5 Å². The highest BCUT2D eigenvalue weighted by Crippen LogP contribution is 2.40. The van der Waals surface area contributed by atoms with Crippen LogP contribution in [-0.2, 0) is 0 Å². The number of nitrogens with zero attached hydrogens (tertiary/aromatic N) is 4. The van der Waals surface area contributed by atoms with Crippen molar-refractivity contribution in [1.82, 2.24) is 19.9 Å². The lowest BCUT2D eigenvalue weighted by atomic mass is 10.2. The van der Waals surface area contributed by atoms with Crippen LogP contribution in [0.2, 0.25) is 0 Å². The van der Waals surface area contributed by atoms with Crippen molar-refractivity contribution in [2.75, 3.05) is 26.1 Å². The van der Waals surface area contributed by atoms with Gasteiger partial charge in [0.05, 0.1) is 28.7 Å². The number of pyridine rings is 2. The maximum absolute atomic E-state index is 6.34. The van der Waals surface area contributed by atoms with Gasteiger partial charge in [0, 0.05) is 18.6 Å². The molecule has 33 heavy (non-hydrogen) atoms. The molecule has 0 spiro atoms. The van der Waals surface area contributed by atoms with Gasteiger partial charge >= 0.3 is 6.01 Å². The first-order valence-corrected chi connectivity index (χ1v) is 10.7. The van der Waals surface area contributed by atoms with Crippen molar-refractivity contribution in [3.8, 4) is 40.5 Å². The standard InChI is InChI=1S/C23H20BrN5O4/c1-30-19-7-2-3-8-20(19)33-21-16(25)12-18(17-6-4-5-9-26-17)29-22(21)31-10-11-32-23-27-13-15(24)14-28-23/h2-9,12-14H,10-11H2,1H3,(H2,25,29). The summed E-state index contributed by atoms with van der Waals surface area (Å²) < 4.78 is 23.6. The number of rotatable bonds is 9. The van der Waals surface area contributed by atoms with Crippen molar-refractivity contribution in [3.05, 3.63) is 71.6 Å². The molecule has 0 saturated carbocycles. The van der Waals surface area contributed by atoms with Crippen LogP contribution in [0.4, 0.5) is 5.69 Å². The van der Waals surface area contributed by atoms with Gasteiger partial charge in [0.2, 0.25) is 5.75 Å². The predicted octanol–water partition coefficient (Wildman–Crippen LogP) is 4.54. The maximum Gasteiger partial charge on any atom is 0.316 e. The van der Waals surface area contributed by atoms with E-state index in [1.165, 1.54) is 0 Å². The molecule has 9 nitrogen and oxygen atoms in total. The van der Waals surface area contributed by atoms with E-state index in [2.05, 4.69) is 35.9 Å².